The molecule has 0 amide bonds. The third-order valence-electron chi connectivity index (χ3n) is 3.65. The monoisotopic (exact) mass is 316 g/mol. The summed E-state index contributed by atoms with van der Waals surface area (Å²) in [5.41, 5.74) is 0. The quantitative estimate of drug-likeness (QED) is 0.838. The summed E-state index contributed by atoms with van der Waals surface area (Å²) < 4.78 is 27.2. The van der Waals surface area contributed by atoms with E-state index in [1.165, 1.54) is 12.6 Å². The van der Waals surface area contributed by atoms with Gasteiger partial charge >= 0.3 is 0 Å². The van der Waals surface area contributed by atoms with Gasteiger partial charge in [0.15, 0.2) is 0 Å². The molecule has 0 spiro atoms. The second-order valence-corrected chi connectivity index (χ2v) is 7.55. The molecule has 0 radical (unpaired) electrons. The van der Waals surface area contributed by atoms with E-state index < -0.39 is 10.0 Å². The van der Waals surface area contributed by atoms with Gasteiger partial charge in [-0.1, -0.05) is 0 Å². The van der Waals surface area contributed by atoms with E-state index in [4.69, 9.17) is 0 Å². The van der Waals surface area contributed by atoms with Gasteiger partial charge in [0.05, 0.1) is 0 Å². The fourth-order valence-corrected chi connectivity index (χ4v) is 5.09. The van der Waals surface area contributed by atoms with Gasteiger partial charge in [-0.15, -0.1) is 0 Å². The van der Waals surface area contributed by atoms with Crippen molar-refractivity contribution in [1.29, 1.82) is 0 Å². The summed E-state index contributed by atoms with van der Waals surface area (Å²) in [7, 11) is -3.35. The van der Waals surface area contributed by atoms with Crippen LogP contribution in [0.15, 0.2) is 27.8 Å². The van der Waals surface area contributed by atoms with Gasteiger partial charge in [0.25, 0.3) is 0 Å². The van der Waals surface area contributed by atoms with Crippen LogP contribution in [0.5, 0.6) is 0 Å². The number of piperidine rings is 1. The molecule has 0 aromatic carbocycles. The number of halogens is 1. The topological polar surface area (TPSA) is 50.3 Å². The SMILES string of the molecule is O=S(=O)(c1cncc(Br)c1)N1CC2CCC1C2. The molecular weight excluding hydrogens is 304 g/mol. The molecule has 2 fully saturated rings. The average Bonchev–Trinajstić information content (AvgIpc) is 2.91. The van der Waals surface area contributed by atoms with Gasteiger partial charge in [-0.05, 0) is 47.2 Å². The average molecular weight is 317 g/mol. The van der Waals surface area contributed by atoms with Crippen LogP contribution in [0.25, 0.3) is 0 Å². The Bertz CT molecular complexity index is 546. The highest BCUT2D eigenvalue weighted by Crippen LogP contribution is 2.40. The molecule has 2 aliphatic rings. The highest BCUT2D eigenvalue weighted by Gasteiger charge is 2.44. The maximum absolute atomic E-state index is 12.4. The van der Waals surface area contributed by atoms with Crippen LogP contribution < -0.4 is 0 Å². The van der Waals surface area contributed by atoms with E-state index in [2.05, 4.69) is 20.9 Å². The minimum Gasteiger partial charge on any atom is -0.262 e. The van der Waals surface area contributed by atoms with Gasteiger partial charge < -0.3 is 0 Å². The normalized spacial score (nSPS) is 28.8. The van der Waals surface area contributed by atoms with Crippen LogP contribution in [0.2, 0.25) is 0 Å². The van der Waals surface area contributed by atoms with Gasteiger partial charge in [0.2, 0.25) is 10.0 Å². The van der Waals surface area contributed by atoms with E-state index in [1.807, 2.05) is 0 Å². The summed E-state index contributed by atoms with van der Waals surface area (Å²) in [5, 5.41) is 0. The van der Waals surface area contributed by atoms with Crippen LogP contribution in [-0.4, -0.2) is 30.3 Å². The van der Waals surface area contributed by atoms with Crippen molar-refractivity contribution in [3.05, 3.63) is 22.9 Å². The molecule has 1 saturated heterocycles. The van der Waals surface area contributed by atoms with Crippen LogP contribution in [-0.2, 0) is 10.0 Å². The molecule has 1 aromatic heterocycles. The molecule has 1 aliphatic heterocycles. The molecule has 6 heteroatoms. The Kier molecular flexibility index (Phi) is 2.76. The Morgan fingerprint density at radius 1 is 1.35 bits per heavy atom. The zero-order valence-electron chi connectivity index (χ0n) is 9.21. The molecule has 17 heavy (non-hydrogen) atoms. The van der Waals surface area contributed by atoms with Crippen molar-refractivity contribution in [3.63, 3.8) is 0 Å². The Morgan fingerprint density at radius 2 is 2.18 bits per heavy atom. The molecule has 1 aliphatic carbocycles. The minimum absolute atomic E-state index is 0.212. The molecule has 2 bridgehead atoms. The first-order valence-electron chi connectivity index (χ1n) is 5.70. The lowest BCUT2D eigenvalue weighted by molar-refractivity contribution is 0.333. The van der Waals surface area contributed by atoms with Crippen molar-refractivity contribution in [2.75, 3.05) is 6.54 Å². The largest absolute Gasteiger partial charge is 0.262 e. The van der Waals surface area contributed by atoms with E-state index >= 15 is 0 Å². The second kappa shape index (κ2) is 4.03. The molecule has 2 unspecified atom stereocenters. The number of aromatic nitrogens is 1. The number of fused-ring (bicyclic) bond motifs is 2. The number of pyridine rings is 1. The molecule has 3 rings (SSSR count). The Hall–Kier alpha value is -0.460. The maximum Gasteiger partial charge on any atom is 0.244 e. The number of nitrogens with zero attached hydrogens (tertiary/aromatic N) is 2. The van der Waals surface area contributed by atoms with E-state index in [-0.39, 0.29) is 6.04 Å². The van der Waals surface area contributed by atoms with Crippen molar-refractivity contribution in [2.45, 2.75) is 30.2 Å². The van der Waals surface area contributed by atoms with E-state index in [1.54, 1.807) is 16.6 Å². The van der Waals surface area contributed by atoms with Crippen molar-refractivity contribution in [3.8, 4) is 0 Å². The summed E-state index contributed by atoms with van der Waals surface area (Å²) in [4.78, 5) is 4.22. The lowest BCUT2D eigenvalue weighted by atomic mass is 10.1. The first kappa shape index (κ1) is 11.6. The van der Waals surface area contributed by atoms with Crippen LogP contribution in [0, 0.1) is 5.92 Å². The predicted molar refractivity (Wildman–Crippen MR) is 67.0 cm³/mol. The summed E-state index contributed by atoms with van der Waals surface area (Å²) in [6.45, 7) is 0.680. The molecule has 2 heterocycles. The summed E-state index contributed by atoms with van der Waals surface area (Å²) >= 11 is 3.26. The minimum atomic E-state index is -3.35. The lowest BCUT2D eigenvalue weighted by Crippen LogP contribution is -2.37. The second-order valence-electron chi connectivity index (χ2n) is 4.75. The van der Waals surface area contributed by atoms with E-state index in [0.29, 0.717) is 21.8 Å². The van der Waals surface area contributed by atoms with Crippen molar-refractivity contribution >= 4 is 26.0 Å². The molecule has 4 nitrogen and oxygen atoms in total. The summed E-state index contributed by atoms with van der Waals surface area (Å²) in [6, 6.07) is 1.83. The Labute approximate surface area is 109 Å². The molecule has 0 N–H and O–H groups in total. The third kappa shape index (κ3) is 1.92. The van der Waals surface area contributed by atoms with Gasteiger partial charge in [-0.2, -0.15) is 4.31 Å². The summed E-state index contributed by atoms with van der Waals surface area (Å²) in [6.07, 6.45) is 6.22. The first-order chi connectivity index (χ1) is 8.07. The van der Waals surface area contributed by atoms with Gasteiger partial charge in [0, 0.05) is 29.5 Å². The zero-order chi connectivity index (χ0) is 12.0. The van der Waals surface area contributed by atoms with Crippen LogP contribution in [0.4, 0.5) is 0 Å². The molecule has 1 aromatic rings. The number of sulfonamides is 1. The molecular formula is C11H13BrN2O2S. The highest BCUT2D eigenvalue weighted by atomic mass is 79.9. The van der Waals surface area contributed by atoms with Gasteiger partial charge in [-0.25, -0.2) is 8.42 Å². The standard InChI is InChI=1S/C11H13BrN2O2S/c12-9-4-11(6-13-5-9)17(15,16)14-7-8-1-2-10(14)3-8/h4-6,8,10H,1-3,7H2. The molecule has 92 valence electrons. The van der Waals surface area contributed by atoms with E-state index in [9.17, 15) is 8.42 Å². The van der Waals surface area contributed by atoms with Gasteiger partial charge in [0.1, 0.15) is 4.90 Å². The van der Waals surface area contributed by atoms with Crippen LogP contribution >= 0.6 is 15.9 Å². The lowest BCUT2D eigenvalue weighted by Gasteiger charge is -2.25. The van der Waals surface area contributed by atoms with Crippen LogP contribution in [0.1, 0.15) is 19.3 Å². The Balaban J connectivity index is 1.96. The maximum atomic E-state index is 12.4. The first-order valence-corrected chi connectivity index (χ1v) is 7.93. The molecule has 1 saturated carbocycles. The number of rotatable bonds is 2. The van der Waals surface area contributed by atoms with Crippen molar-refractivity contribution in [2.24, 2.45) is 5.92 Å². The highest BCUT2D eigenvalue weighted by molar-refractivity contribution is 9.10. The smallest absolute Gasteiger partial charge is 0.244 e. The fraction of sp³-hybridized carbons (Fsp3) is 0.545. The third-order valence-corrected chi connectivity index (χ3v) is 5.96. The van der Waals surface area contributed by atoms with Crippen molar-refractivity contribution in [1.82, 2.24) is 9.29 Å². The zero-order valence-corrected chi connectivity index (χ0v) is 11.6. The summed E-state index contributed by atoms with van der Waals surface area (Å²) in [5.74, 6) is 0.565. The van der Waals surface area contributed by atoms with Gasteiger partial charge in [-0.3, -0.25) is 4.98 Å². The fourth-order valence-electron chi connectivity index (χ4n) is 2.84. The number of hydrogen-bond acceptors (Lipinski definition) is 3. The number of hydrogen-bond donors (Lipinski definition) is 0. The van der Waals surface area contributed by atoms with Crippen molar-refractivity contribution < 1.29 is 8.42 Å². The predicted octanol–water partition coefficient (Wildman–Crippen LogP) is 2.02. The Morgan fingerprint density at radius 3 is 2.76 bits per heavy atom. The molecule has 2 atom stereocenters. The van der Waals surface area contributed by atoms with E-state index in [0.717, 1.165) is 12.8 Å². The van der Waals surface area contributed by atoms with Crippen LogP contribution in [0.3, 0.4) is 0 Å².